The summed E-state index contributed by atoms with van der Waals surface area (Å²) in [5.74, 6) is 0.627. The lowest BCUT2D eigenvalue weighted by Gasteiger charge is -2.17. The molecule has 0 nitrogen and oxygen atoms in total. The van der Waals surface area contributed by atoms with Crippen LogP contribution in [0, 0.1) is 27.7 Å². The van der Waals surface area contributed by atoms with Crippen molar-refractivity contribution in [2.24, 2.45) is 0 Å². The molecule has 0 saturated heterocycles. The minimum absolute atomic E-state index is 0.627. The van der Waals surface area contributed by atoms with Crippen molar-refractivity contribution >= 4 is 18.2 Å². The molecule has 0 aliphatic heterocycles. The van der Waals surface area contributed by atoms with E-state index in [1.807, 2.05) is 0 Å². The molecule has 1 atom stereocenters. The van der Waals surface area contributed by atoms with E-state index in [2.05, 4.69) is 128 Å². The molecular weight excluding hydrogens is 407 g/mol. The van der Waals surface area contributed by atoms with Gasteiger partial charge in [0, 0.05) is 0 Å². The number of aryl methyl sites for hydroxylation is 4. The first kappa shape index (κ1) is 24.1. The second-order valence-corrected chi connectivity index (χ2v) is 9.91. The zero-order chi connectivity index (χ0) is 24.2. The maximum atomic E-state index is 2.38. The maximum absolute atomic E-state index is 2.38. The van der Waals surface area contributed by atoms with Crippen LogP contribution in [0.1, 0.15) is 65.1 Å². The van der Waals surface area contributed by atoms with E-state index in [-0.39, 0.29) is 0 Å². The van der Waals surface area contributed by atoms with Gasteiger partial charge in [-0.15, -0.1) is 0 Å². The van der Waals surface area contributed by atoms with E-state index in [0.717, 1.165) is 6.42 Å². The van der Waals surface area contributed by atoms with Gasteiger partial charge in [0.05, 0.1) is 0 Å². The Morgan fingerprint density at radius 1 is 0.618 bits per heavy atom. The second kappa shape index (κ2) is 10.5. The molecule has 0 heterocycles. The lowest BCUT2D eigenvalue weighted by Crippen LogP contribution is -2.34. The number of hydrogen-bond donors (Lipinski definition) is 0. The summed E-state index contributed by atoms with van der Waals surface area (Å²) in [7, 11) is 2.38. The van der Waals surface area contributed by atoms with Crippen LogP contribution in [-0.4, -0.2) is 7.28 Å². The van der Waals surface area contributed by atoms with Crippen LogP contribution in [0.15, 0.2) is 78.9 Å². The lowest BCUT2D eigenvalue weighted by atomic mass is 9.58. The first-order chi connectivity index (χ1) is 16.4. The monoisotopic (exact) mass is 443 g/mol. The third kappa shape index (κ3) is 5.36. The Morgan fingerprint density at radius 2 is 1.15 bits per heavy atom. The summed E-state index contributed by atoms with van der Waals surface area (Å²) in [6.45, 7) is 13.5. The third-order valence-corrected chi connectivity index (χ3v) is 7.21. The Bertz CT molecular complexity index is 1220. The normalized spacial score (nSPS) is 11.9. The molecular formula is C33H36B. The molecule has 34 heavy (non-hydrogen) atoms. The summed E-state index contributed by atoms with van der Waals surface area (Å²) in [6, 6.07) is 29.2. The van der Waals surface area contributed by atoms with Gasteiger partial charge in [0.2, 0.25) is 0 Å². The molecule has 4 aromatic rings. The SMILES string of the molecule is CCC(C)c1ccc(Cc2cc(C)c([B]c3c(C)cc(-c4ccccc4)cc3C)c(C)c2)cc1. The summed E-state index contributed by atoms with van der Waals surface area (Å²) in [4.78, 5) is 0. The molecule has 1 radical (unpaired) electrons. The van der Waals surface area contributed by atoms with E-state index in [1.165, 1.54) is 67.4 Å². The fourth-order valence-corrected chi connectivity index (χ4v) is 4.97. The van der Waals surface area contributed by atoms with Crippen molar-refractivity contribution in [3.63, 3.8) is 0 Å². The highest BCUT2D eigenvalue weighted by Gasteiger charge is 2.13. The first-order valence-electron chi connectivity index (χ1n) is 12.6. The molecule has 0 aromatic heterocycles. The standard InChI is InChI=1S/C33H36B/c1-7-22(2)29-15-13-27(14-16-29)21-28-17-23(3)32(24(4)18-28)34-33-25(5)19-31(20-26(33)6)30-11-9-8-10-12-30/h8-20,22H,7,21H2,1-6H3. The van der Waals surface area contributed by atoms with Crippen LogP contribution in [0.2, 0.25) is 0 Å². The van der Waals surface area contributed by atoms with Crippen LogP contribution in [-0.2, 0) is 6.42 Å². The Labute approximate surface area is 207 Å². The van der Waals surface area contributed by atoms with E-state index in [0.29, 0.717) is 5.92 Å². The van der Waals surface area contributed by atoms with Crippen molar-refractivity contribution in [1.82, 2.24) is 0 Å². The highest BCUT2D eigenvalue weighted by Crippen LogP contribution is 2.22. The molecule has 0 spiro atoms. The molecule has 0 amide bonds. The molecule has 0 aliphatic carbocycles. The average Bonchev–Trinajstić information content (AvgIpc) is 2.83. The number of benzene rings is 4. The van der Waals surface area contributed by atoms with Gasteiger partial charge in [-0.3, -0.25) is 0 Å². The van der Waals surface area contributed by atoms with Crippen molar-refractivity contribution in [3.8, 4) is 11.1 Å². The third-order valence-electron chi connectivity index (χ3n) is 7.21. The average molecular weight is 443 g/mol. The first-order valence-corrected chi connectivity index (χ1v) is 12.6. The second-order valence-electron chi connectivity index (χ2n) is 9.91. The van der Waals surface area contributed by atoms with Gasteiger partial charge >= 0.3 is 0 Å². The highest BCUT2D eigenvalue weighted by atomic mass is 14.1. The van der Waals surface area contributed by atoms with Crippen molar-refractivity contribution in [1.29, 1.82) is 0 Å². The zero-order valence-electron chi connectivity index (χ0n) is 21.6. The van der Waals surface area contributed by atoms with Gasteiger partial charge < -0.3 is 0 Å². The van der Waals surface area contributed by atoms with Gasteiger partial charge in [-0.2, -0.15) is 0 Å². The number of rotatable bonds is 7. The molecule has 0 bridgehead atoms. The molecule has 0 aliphatic rings. The quantitative estimate of drug-likeness (QED) is 0.262. The van der Waals surface area contributed by atoms with Crippen LogP contribution in [0.25, 0.3) is 11.1 Å². The topological polar surface area (TPSA) is 0 Å². The molecule has 0 fully saturated rings. The van der Waals surface area contributed by atoms with Crippen LogP contribution >= 0.6 is 0 Å². The predicted molar refractivity (Wildman–Crippen MR) is 150 cm³/mol. The minimum atomic E-state index is 0.627. The van der Waals surface area contributed by atoms with Gasteiger partial charge in [-0.05, 0) is 74.3 Å². The summed E-state index contributed by atoms with van der Waals surface area (Å²) in [5.41, 5.74) is 14.8. The lowest BCUT2D eigenvalue weighted by molar-refractivity contribution is 0.733. The van der Waals surface area contributed by atoms with Gasteiger partial charge in [0.15, 0.2) is 7.28 Å². The fraction of sp³-hybridized carbons (Fsp3) is 0.273. The molecule has 4 aromatic carbocycles. The van der Waals surface area contributed by atoms with E-state index < -0.39 is 0 Å². The van der Waals surface area contributed by atoms with E-state index in [1.54, 1.807) is 0 Å². The largest absolute Gasteiger partial charge is 0.192 e. The predicted octanol–water partition coefficient (Wildman–Crippen LogP) is 7.35. The Hall–Kier alpha value is -3.06. The van der Waals surface area contributed by atoms with Crippen LogP contribution < -0.4 is 10.9 Å². The number of hydrogen-bond acceptors (Lipinski definition) is 0. The molecule has 1 unspecified atom stereocenters. The van der Waals surface area contributed by atoms with E-state index in [9.17, 15) is 0 Å². The Balaban J connectivity index is 1.56. The zero-order valence-corrected chi connectivity index (χ0v) is 21.6. The summed E-state index contributed by atoms with van der Waals surface area (Å²) in [6.07, 6.45) is 2.16. The molecule has 171 valence electrons. The molecule has 1 heteroatoms. The van der Waals surface area contributed by atoms with Crippen molar-refractivity contribution < 1.29 is 0 Å². The van der Waals surface area contributed by atoms with Gasteiger partial charge in [-0.1, -0.05) is 126 Å². The molecule has 0 saturated carbocycles. The van der Waals surface area contributed by atoms with Crippen molar-refractivity contribution in [2.75, 3.05) is 0 Å². The van der Waals surface area contributed by atoms with Gasteiger partial charge in [0.25, 0.3) is 0 Å². The maximum Gasteiger partial charge on any atom is 0.192 e. The van der Waals surface area contributed by atoms with Crippen LogP contribution in [0.5, 0.6) is 0 Å². The smallest absolute Gasteiger partial charge is 0.0757 e. The summed E-state index contributed by atoms with van der Waals surface area (Å²) in [5, 5.41) is 0. The van der Waals surface area contributed by atoms with Crippen LogP contribution in [0.3, 0.4) is 0 Å². The van der Waals surface area contributed by atoms with Gasteiger partial charge in [0.1, 0.15) is 0 Å². The van der Waals surface area contributed by atoms with Crippen molar-refractivity contribution in [3.05, 3.63) is 118 Å². The Morgan fingerprint density at radius 3 is 1.68 bits per heavy atom. The fourth-order valence-electron chi connectivity index (χ4n) is 4.97. The van der Waals surface area contributed by atoms with Crippen molar-refractivity contribution in [2.45, 2.75) is 60.3 Å². The molecule has 0 N–H and O–H groups in total. The van der Waals surface area contributed by atoms with Gasteiger partial charge in [-0.25, -0.2) is 0 Å². The highest BCUT2D eigenvalue weighted by molar-refractivity contribution is 6.69. The molecule has 4 rings (SSSR count). The summed E-state index contributed by atoms with van der Waals surface area (Å²) >= 11 is 0. The van der Waals surface area contributed by atoms with E-state index in [4.69, 9.17) is 0 Å². The van der Waals surface area contributed by atoms with Crippen LogP contribution in [0.4, 0.5) is 0 Å². The van der Waals surface area contributed by atoms with E-state index >= 15 is 0 Å². The minimum Gasteiger partial charge on any atom is -0.0757 e. The Kier molecular flexibility index (Phi) is 7.42. The summed E-state index contributed by atoms with van der Waals surface area (Å²) < 4.78 is 0.